The topological polar surface area (TPSA) is 119 Å². The number of hydrogen-bond donors (Lipinski definition) is 0. The number of carbonyl (C=O) groups is 3. The van der Waals surface area contributed by atoms with Gasteiger partial charge in [0.2, 0.25) is 0 Å². The maximum atomic E-state index is 12.9. The van der Waals surface area contributed by atoms with Crippen molar-refractivity contribution >= 4 is 17.8 Å². The summed E-state index contributed by atoms with van der Waals surface area (Å²) in [5.74, 6) is -1.18. The highest BCUT2D eigenvalue weighted by Gasteiger charge is 2.38. The van der Waals surface area contributed by atoms with Gasteiger partial charge in [0.05, 0.1) is 39.1 Å². The van der Waals surface area contributed by atoms with Crippen LogP contribution >= 0.6 is 0 Å². The Kier molecular flexibility index (Phi) is 20.6. The fourth-order valence-corrected chi connectivity index (χ4v) is 6.53. The van der Waals surface area contributed by atoms with Gasteiger partial charge in [0, 0.05) is 45.9 Å². The molecule has 1 heterocycles. The number of carbonyl (C=O) groups excluding carboxylic acids is 3. The van der Waals surface area contributed by atoms with Crippen molar-refractivity contribution in [3.05, 3.63) is 101 Å². The van der Waals surface area contributed by atoms with Crippen molar-refractivity contribution in [2.45, 2.75) is 89.6 Å². The molecule has 4 rings (SSSR count). The first-order valence-corrected chi connectivity index (χ1v) is 20.3. The Morgan fingerprint density at radius 3 is 1.59 bits per heavy atom. The summed E-state index contributed by atoms with van der Waals surface area (Å²) in [6, 6.07) is 24.2. The normalized spacial score (nSPS) is 13.9. The van der Waals surface area contributed by atoms with Crippen molar-refractivity contribution in [2.24, 2.45) is 0 Å². The molecule has 0 radical (unpaired) electrons. The molecule has 2 amide bonds. The van der Waals surface area contributed by atoms with E-state index < -0.39 is 23.4 Å². The molecule has 11 heteroatoms. The largest absolute Gasteiger partial charge is 0.497 e. The van der Waals surface area contributed by atoms with Crippen LogP contribution in [-0.2, 0) is 43.7 Å². The number of unbranched alkanes of at least 4 members (excludes halogenated alkanes) is 7. The molecule has 306 valence electrons. The molecular formula is C45H61NO10. The van der Waals surface area contributed by atoms with Gasteiger partial charge in [-0.15, -0.1) is 5.06 Å². The van der Waals surface area contributed by atoms with Crippen LogP contribution in [0.3, 0.4) is 0 Å². The molecule has 0 spiro atoms. The molecule has 1 atom stereocenters. The molecular weight excluding hydrogens is 714 g/mol. The summed E-state index contributed by atoms with van der Waals surface area (Å²) >= 11 is 0. The van der Waals surface area contributed by atoms with Gasteiger partial charge < -0.3 is 33.3 Å². The predicted molar refractivity (Wildman–Crippen MR) is 213 cm³/mol. The van der Waals surface area contributed by atoms with Gasteiger partial charge in [-0.25, -0.2) is 4.79 Å². The van der Waals surface area contributed by atoms with Crippen molar-refractivity contribution in [3.63, 3.8) is 0 Å². The predicted octanol–water partition coefficient (Wildman–Crippen LogP) is 8.21. The molecule has 1 fully saturated rings. The zero-order valence-electron chi connectivity index (χ0n) is 33.4. The zero-order valence-corrected chi connectivity index (χ0v) is 33.4. The van der Waals surface area contributed by atoms with Crippen molar-refractivity contribution in [1.82, 2.24) is 5.06 Å². The maximum absolute atomic E-state index is 12.9. The molecule has 3 aromatic rings. The molecule has 1 aliphatic rings. The van der Waals surface area contributed by atoms with Gasteiger partial charge in [0.15, 0.2) is 0 Å². The van der Waals surface area contributed by atoms with Crippen LogP contribution in [0.25, 0.3) is 0 Å². The van der Waals surface area contributed by atoms with E-state index in [4.69, 9.17) is 33.3 Å². The number of imide groups is 1. The molecule has 1 saturated heterocycles. The molecule has 1 aliphatic heterocycles. The van der Waals surface area contributed by atoms with Gasteiger partial charge >= 0.3 is 5.97 Å². The van der Waals surface area contributed by atoms with Gasteiger partial charge in [-0.1, -0.05) is 106 Å². The lowest BCUT2D eigenvalue weighted by molar-refractivity contribution is -0.172. The number of ether oxygens (including phenoxy) is 6. The van der Waals surface area contributed by atoms with Crippen molar-refractivity contribution in [2.75, 3.05) is 66.6 Å². The van der Waals surface area contributed by atoms with Gasteiger partial charge in [-0.3, -0.25) is 9.59 Å². The Morgan fingerprint density at radius 1 is 0.554 bits per heavy atom. The molecule has 56 heavy (non-hydrogen) atoms. The van der Waals surface area contributed by atoms with Crippen LogP contribution in [-0.4, -0.2) is 89.4 Å². The van der Waals surface area contributed by atoms with E-state index in [-0.39, 0.29) is 25.0 Å². The summed E-state index contributed by atoms with van der Waals surface area (Å²) in [6.45, 7) is 7.23. The van der Waals surface area contributed by atoms with Gasteiger partial charge in [0.1, 0.15) is 11.4 Å². The van der Waals surface area contributed by atoms with Crippen LogP contribution in [0.4, 0.5) is 0 Å². The van der Waals surface area contributed by atoms with E-state index in [0.29, 0.717) is 50.5 Å². The maximum Gasteiger partial charge on any atom is 0.363 e. The molecule has 0 bridgehead atoms. The fraction of sp³-hybridized carbons (Fsp3) is 0.533. The van der Waals surface area contributed by atoms with E-state index in [1.165, 1.54) is 44.9 Å². The third-order valence-corrected chi connectivity index (χ3v) is 9.60. The van der Waals surface area contributed by atoms with Crippen LogP contribution in [0, 0.1) is 0 Å². The van der Waals surface area contributed by atoms with E-state index in [1.54, 1.807) is 31.4 Å². The second-order valence-electron chi connectivity index (χ2n) is 13.8. The first-order valence-electron chi connectivity index (χ1n) is 20.3. The summed E-state index contributed by atoms with van der Waals surface area (Å²) < 4.78 is 35.4. The molecule has 0 saturated carbocycles. The summed E-state index contributed by atoms with van der Waals surface area (Å²) in [4.78, 5) is 42.0. The Labute approximate surface area is 332 Å². The number of hydroxylamine groups is 2. The first kappa shape index (κ1) is 44.6. The Morgan fingerprint density at radius 2 is 1.02 bits per heavy atom. The molecule has 11 nitrogen and oxygen atoms in total. The first-order chi connectivity index (χ1) is 27.5. The summed E-state index contributed by atoms with van der Waals surface area (Å²) in [6.07, 6.45) is 12.2. The Hall–Kier alpha value is -4.13. The number of methoxy groups -OCH3 is 1. The molecule has 1 unspecified atom stereocenters. The van der Waals surface area contributed by atoms with Crippen LogP contribution in [0.1, 0.15) is 111 Å². The Balaban J connectivity index is 1.19. The van der Waals surface area contributed by atoms with Gasteiger partial charge in [-0.2, -0.15) is 0 Å². The minimum absolute atomic E-state index is 0.0202. The minimum Gasteiger partial charge on any atom is -0.497 e. The average molecular weight is 776 g/mol. The quantitative estimate of drug-likeness (QED) is 0.0373. The SMILES string of the molecule is CCCCCCCCCCOCCCOCCCOCCOCCOC(c1ccccc1)(c1ccc(OC)cc1)c1ccc(C(=O)ON2C(=O)CCC2=O)cc1. The van der Waals surface area contributed by atoms with E-state index >= 15 is 0 Å². The van der Waals surface area contributed by atoms with Crippen LogP contribution in [0.5, 0.6) is 5.75 Å². The molecule has 0 N–H and O–H groups in total. The van der Waals surface area contributed by atoms with Crippen molar-refractivity contribution in [1.29, 1.82) is 0 Å². The van der Waals surface area contributed by atoms with Gasteiger partial charge in [-0.05, 0) is 60.2 Å². The molecule has 0 aromatic heterocycles. The van der Waals surface area contributed by atoms with Crippen molar-refractivity contribution < 1.29 is 47.6 Å². The molecule has 3 aromatic carbocycles. The summed E-state index contributed by atoms with van der Waals surface area (Å²) in [7, 11) is 1.61. The number of hydrogen-bond acceptors (Lipinski definition) is 10. The second kappa shape index (κ2) is 25.9. The standard InChI is InChI=1S/C45H61NO10/c1-3-4-5-6-7-8-9-13-28-51-29-14-30-52-31-15-32-53-33-34-54-35-36-55-45(38-16-11-10-12-17-38,40-22-24-41(50-2)25-23-40)39-20-18-37(19-21-39)44(49)56-46-42(47)26-27-43(46)48/h10-12,16-25H,3-9,13-15,26-36H2,1-2H3. The third kappa shape index (κ3) is 14.4. The second-order valence-corrected chi connectivity index (χ2v) is 13.8. The highest BCUT2D eigenvalue weighted by molar-refractivity contribution is 6.02. The number of rotatable bonds is 30. The zero-order chi connectivity index (χ0) is 39.7. The van der Waals surface area contributed by atoms with E-state index in [9.17, 15) is 14.4 Å². The molecule has 0 aliphatic carbocycles. The minimum atomic E-state index is -1.09. The van der Waals surface area contributed by atoms with E-state index in [0.717, 1.165) is 49.2 Å². The fourth-order valence-electron chi connectivity index (χ4n) is 6.53. The lowest BCUT2D eigenvalue weighted by Crippen LogP contribution is -2.34. The lowest BCUT2D eigenvalue weighted by Gasteiger charge is -2.36. The third-order valence-electron chi connectivity index (χ3n) is 9.60. The van der Waals surface area contributed by atoms with Crippen LogP contribution < -0.4 is 4.74 Å². The summed E-state index contributed by atoms with van der Waals surface area (Å²) in [5, 5.41) is 0.544. The van der Waals surface area contributed by atoms with E-state index in [1.807, 2.05) is 54.6 Å². The Bertz CT molecular complexity index is 1530. The monoisotopic (exact) mass is 775 g/mol. The highest BCUT2D eigenvalue weighted by atomic mass is 16.7. The highest BCUT2D eigenvalue weighted by Crippen LogP contribution is 2.41. The van der Waals surface area contributed by atoms with Crippen LogP contribution in [0.15, 0.2) is 78.9 Å². The van der Waals surface area contributed by atoms with Gasteiger partial charge in [0.25, 0.3) is 11.8 Å². The smallest absolute Gasteiger partial charge is 0.363 e. The lowest BCUT2D eigenvalue weighted by atomic mass is 9.79. The average Bonchev–Trinajstić information content (AvgIpc) is 3.55. The number of benzene rings is 3. The number of nitrogens with zero attached hydrogens (tertiary/aromatic N) is 1. The summed E-state index contributed by atoms with van der Waals surface area (Å²) in [5.41, 5.74) is 1.55. The van der Waals surface area contributed by atoms with E-state index in [2.05, 4.69) is 6.92 Å². The number of amides is 2. The van der Waals surface area contributed by atoms with Crippen molar-refractivity contribution in [3.8, 4) is 5.75 Å². The van der Waals surface area contributed by atoms with Crippen LogP contribution in [0.2, 0.25) is 0 Å².